The summed E-state index contributed by atoms with van der Waals surface area (Å²) in [5.74, 6) is 0. The van der Waals surface area contributed by atoms with E-state index in [2.05, 4.69) is 0 Å². The van der Waals surface area contributed by atoms with Crippen LogP contribution in [0.4, 0.5) is 13.2 Å². The van der Waals surface area contributed by atoms with Crippen LogP contribution in [0.25, 0.3) is 0 Å². The van der Waals surface area contributed by atoms with Gasteiger partial charge in [0.15, 0.2) is 0 Å². The lowest BCUT2D eigenvalue weighted by Crippen LogP contribution is -2.12. The first-order valence-corrected chi connectivity index (χ1v) is 6.11. The quantitative estimate of drug-likeness (QED) is 0.552. The zero-order valence-corrected chi connectivity index (χ0v) is 11.3. The van der Waals surface area contributed by atoms with Crippen molar-refractivity contribution >= 4 is 0 Å². The maximum absolute atomic E-state index is 12.8. The van der Waals surface area contributed by atoms with Crippen molar-refractivity contribution < 1.29 is 13.2 Å². The van der Waals surface area contributed by atoms with Crippen LogP contribution in [-0.4, -0.2) is 12.7 Å². The number of alkyl halides is 3. The molecule has 0 heterocycles. The Morgan fingerprint density at radius 3 is 2.17 bits per heavy atom. The molecule has 0 aliphatic heterocycles. The van der Waals surface area contributed by atoms with Gasteiger partial charge in [0.2, 0.25) is 0 Å². The summed E-state index contributed by atoms with van der Waals surface area (Å²) >= 11 is 0. The Hall–Kier alpha value is -1.03. The number of halogens is 3. The van der Waals surface area contributed by atoms with Crippen molar-refractivity contribution in [2.45, 2.75) is 46.2 Å². The molecule has 18 heavy (non-hydrogen) atoms. The topological polar surface area (TPSA) is 26.0 Å². The summed E-state index contributed by atoms with van der Waals surface area (Å²) in [6, 6.07) is 0. The molecule has 0 saturated carbocycles. The van der Waals surface area contributed by atoms with E-state index in [1.165, 1.54) is 19.9 Å². The third-order valence-corrected chi connectivity index (χ3v) is 2.47. The Kier molecular flexibility index (Phi) is 7.67. The molecule has 1 nitrogen and oxygen atoms in total. The Labute approximate surface area is 107 Å². The molecular weight excluding hydrogens is 239 g/mol. The van der Waals surface area contributed by atoms with Crippen LogP contribution in [0.1, 0.15) is 40.0 Å². The third-order valence-electron chi connectivity index (χ3n) is 2.47. The van der Waals surface area contributed by atoms with Gasteiger partial charge in [0.25, 0.3) is 0 Å². The van der Waals surface area contributed by atoms with E-state index in [0.29, 0.717) is 18.5 Å². The predicted octanol–water partition coefficient (Wildman–Crippen LogP) is 4.52. The van der Waals surface area contributed by atoms with E-state index in [1.807, 2.05) is 0 Å². The highest BCUT2D eigenvalue weighted by Gasteiger charge is 2.32. The highest BCUT2D eigenvalue weighted by atomic mass is 19.4. The van der Waals surface area contributed by atoms with Gasteiger partial charge in [-0.15, -0.1) is 0 Å². The fourth-order valence-corrected chi connectivity index (χ4v) is 1.59. The van der Waals surface area contributed by atoms with Crippen LogP contribution < -0.4 is 5.73 Å². The van der Waals surface area contributed by atoms with E-state index in [0.717, 1.165) is 12.8 Å². The molecule has 4 heteroatoms. The zero-order valence-electron chi connectivity index (χ0n) is 11.3. The van der Waals surface area contributed by atoms with E-state index in [-0.39, 0.29) is 5.57 Å². The molecule has 0 radical (unpaired) electrons. The lowest BCUT2D eigenvalue weighted by molar-refractivity contribution is -0.0890. The van der Waals surface area contributed by atoms with E-state index in [9.17, 15) is 13.2 Å². The van der Waals surface area contributed by atoms with Gasteiger partial charge in [-0.3, -0.25) is 0 Å². The van der Waals surface area contributed by atoms with Crippen LogP contribution >= 0.6 is 0 Å². The second kappa shape index (κ2) is 8.14. The summed E-state index contributed by atoms with van der Waals surface area (Å²) < 4.78 is 38.4. The van der Waals surface area contributed by atoms with Gasteiger partial charge in [-0.1, -0.05) is 17.7 Å². The smallest absolute Gasteiger partial charge is 0.330 e. The van der Waals surface area contributed by atoms with Crippen LogP contribution in [0.5, 0.6) is 0 Å². The van der Waals surface area contributed by atoms with Crippen LogP contribution in [0.2, 0.25) is 0 Å². The second-order valence-corrected chi connectivity index (χ2v) is 4.38. The molecule has 0 aromatic carbocycles. The van der Waals surface area contributed by atoms with Gasteiger partial charge in [-0.05, 0) is 58.2 Å². The third kappa shape index (κ3) is 6.64. The Bertz CT molecular complexity index is 331. The fraction of sp³-hybridized carbons (Fsp3) is 0.571. The highest BCUT2D eigenvalue weighted by molar-refractivity contribution is 5.35. The monoisotopic (exact) mass is 261 g/mol. The van der Waals surface area contributed by atoms with Gasteiger partial charge < -0.3 is 5.73 Å². The standard InChI is InChI=1S/C14H22F3N/c1-4-7-12(8-5-6-9-18)10-13(11(2)3)14(15,16)17/h4,7,10H,5-6,8-9,18H2,1-3H3/b7-4+,12-10+. The Morgan fingerprint density at radius 2 is 1.78 bits per heavy atom. The van der Waals surface area contributed by atoms with Crippen LogP contribution in [0, 0.1) is 0 Å². The normalized spacial score (nSPS) is 13.2. The average Bonchev–Trinajstić information content (AvgIpc) is 2.23. The molecule has 0 fully saturated rings. The predicted molar refractivity (Wildman–Crippen MR) is 70.2 cm³/mol. The lowest BCUT2D eigenvalue weighted by Gasteiger charge is -2.12. The van der Waals surface area contributed by atoms with Crippen molar-refractivity contribution in [1.29, 1.82) is 0 Å². The molecule has 0 unspecified atom stereocenters. The van der Waals surface area contributed by atoms with Gasteiger partial charge >= 0.3 is 6.18 Å². The molecule has 0 aliphatic carbocycles. The molecule has 0 aromatic rings. The van der Waals surface area contributed by atoms with Crippen LogP contribution in [0.15, 0.2) is 34.9 Å². The molecule has 0 saturated heterocycles. The molecule has 0 rings (SSSR count). The minimum Gasteiger partial charge on any atom is -0.330 e. The minimum atomic E-state index is -4.29. The molecule has 104 valence electrons. The highest BCUT2D eigenvalue weighted by Crippen LogP contribution is 2.30. The molecule has 0 atom stereocenters. The minimum absolute atomic E-state index is 0.281. The molecule has 0 aliphatic rings. The first-order chi connectivity index (χ1) is 8.32. The fourth-order valence-electron chi connectivity index (χ4n) is 1.59. The van der Waals surface area contributed by atoms with Crippen molar-refractivity contribution in [2.75, 3.05) is 6.54 Å². The average molecular weight is 261 g/mol. The van der Waals surface area contributed by atoms with E-state index >= 15 is 0 Å². The van der Waals surface area contributed by atoms with Crippen LogP contribution in [-0.2, 0) is 0 Å². The first kappa shape index (κ1) is 17.0. The van der Waals surface area contributed by atoms with Gasteiger partial charge in [-0.25, -0.2) is 0 Å². The molecule has 0 spiro atoms. The number of hydrogen-bond acceptors (Lipinski definition) is 1. The van der Waals surface area contributed by atoms with Crippen molar-refractivity contribution in [2.24, 2.45) is 5.73 Å². The summed E-state index contributed by atoms with van der Waals surface area (Å²) in [6.07, 6.45) is 2.68. The zero-order chi connectivity index (χ0) is 14.2. The summed E-state index contributed by atoms with van der Waals surface area (Å²) in [5.41, 5.74) is 5.80. The van der Waals surface area contributed by atoms with Gasteiger partial charge in [0.05, 0.1) is 5.57 Å². The number of allylic oxidation sites excluding steroid dienone is 6. The Morgan fingerprint density at radius 1 is 1.17 bits per heavy atom. The van der Waals surface area contributed by atoms with Crippen molar-refractivity contribution in [3.63, 3.8) is 0 Å². The number of rotatable bonds is 6. The van der Waals surface area contributed by atoms with E-state index in [4.69, 9.17) is 5.73 Å². The summed E-state index contributed by atoms with van der Waals surface area (Å²) in [6.45, 7) is 5.32. The molecular formula is C14H22F3N. The number of nitrogens with two attached hydrogens (primary N) is 1. The summed E-state index contributed by atoms with van der Waals surface area (Å²) in [5, 5.41) is 0. The molecule has 0 aromatic heterocycles. The number of unbranched alkanes of at least 4 members (excludes halogenated alkanes) is 1. The van der Waals surface area contributed by atoms with Crippen LogP contribution in [0.3, 0.4) is 0 Å². The van der Waals surface area contributed by atoms with E-state index in [1.54, 1.807) is 19.1 Å². The number of hydrogen-bond donors (Lipinski definition) is 1. The first-order valence-electron chi connectivity index (χ1n) is 6.11. The lowest BCUT2D eigenvalue weighted by atomic mass is 10.0. The Balaban J connectivity index is 5.08. The molecule has 2 N–H and O–H groups in total. The summed E-state index contributed by atoms with van der Waals surface area (Å²) in [7, 11) is 0. The van der Waals surface area contributed by atoms with Crippen molar-refractivity contribution in [1.82, 2.24) is 0 Å². The van der Waals surface area contributed by atoms with Crippen molar-refractivity contribution in [3.05, 3.63) is 34.9 Å². The van der Waals surface area contributed by atoms with Gasteiger partial charge in [0, 0.05) is 0 Å². The van der Waals surface area contributed by atoms with Crippen molar-refractivity contribution in [3.8, 4) is 0 Å². The maximum atomic E-state index is 12.8. The summed E-state index contributed by atoms with van der Waals surface area (Å²) in [4.78, 5) is 0. The van der Waals surface area contributed by atoms with Gasteiger partial charge in [0.1, 0.15) is 0 Å². The molecule has 0 bridgehead atoms. The second-order valence-electron chi connectivity index (χ2n) is 4.38. The van der Waals surface area contributed by atoms with Gasteiger partial charge in [-0.2, -0.15) is 13.2 Å². The largest absolute Gasteiger partial charge is 0.416 e. The molecule has 0 amide bonds. The maximum Gasteiger partial charge on any atom is 0.416 e. The van der Waals surface area contributed by atoms with E-state index < -0.39 is 11.7 Å². The SMILES string of the molecule is C/C=C/C(=C\C(=C(C)C)C(F)(F)F)CCCCN.